The molecule has 2 heterocycles. The lowest BCUT2D eigenvalue weighted by atomic mass is 10.1. The quantitative estimate of drug-likeness (QED) is 0.502. The van der Waals surface area contributed by atoms with Gasteiger partial charge in [0.1, 0.15) is 11.9 Å². The molecule has 0 saturated carbocycles. The molecule has 1 amide bonds. The number of amides is 1. The Hall–Kier alpha value is -3.76. The fraction of sp³-hybridized carbons (Fsp3) is 0.292. The summed E-state index contributed by atoms with van der Waals surface area (Å²) in [4.78, 5) is 26.9. The second-order valence-corrected chi connectivity index (χ2v) is 8.14. The number of ether oxygens (including phenoxy) is 1. The van der Waals surface area contributed by atoms with Gasteiger partial charge in [0, 0.05) is 43.8 Å². The number of aryl methyl sites for hydroxylation is 1. The van der Waals surface area contributed by atoms with E-state index in [2.05, 4.69) is 5.10 Å². The van der Waals surface area contributed by atoms with Crippen molar-refractivity contribution < 1.29 is 31.5 Å². The second kappa shape index (κ2) is 9.47. The van der Waals surface area contributed by atoms with Crippen LogP contribution in [0.4, 0.5) is 22.0 Å². The molecule has 0 atom stereocenters. The predicted molar refractivity (Wildman–Crippen MR) is 115 cm³/mol. The number of rotatable bonds is 4. The van der Waals surface area contributed by atoms with Gasteiger partial charge in [-0.15, -0.1) is 0 Å². The molecule has 0 N–H and O–H groups in total. The molecule has 3 aromatic rings. The molecule has 6 nitrogen and oxygen atoms in total. The van der Waals surface area contributed by atoms with Gasteiger partial charge >= 0.3 is 6.18 Å². The van der Waals surface area contributed by atoms with E-state index in [1.165, 1.54) is 30.0 Å². The van der Waals surface area contributed by atoms with Crippen LogP contribution in [0.5, 0.6) is 5.75 Å². The van der Waals surface area contributed by atoms with Crippen LogP contribution in [0.15, 0.2) is 53.3 Å². The van der Waals surface area contributed by atoms with E-state index in [1.807, 2.05) is 0 Å². The standard InChI is InChI=1S/C24H20F5N3O3/c1-14-11-20(33)22(30-32(14)17-4-2-3-15(12-17)24(27,28)29)23(34)31-9-7-18(8-10-31)35-21-6-5-16(25)13-19(21)26/h2-6,11-13,18H,7-10H2,1H3. The van der Waals surface area contributed by atoms with Gasteiger partial charge in [-0.25, -0.2) is 13.5 Å². The Balaban J connectivity index is 1.51. The summed E-state index contributed by atoms with van der Waals surface area (Å²) >= 11 is 0. The SMILES string of the molecule is Cc1cc(=O)c(C(=O)N2CCC(Oc3ccc(F)cc3F)CC2)nn1-c1cccc(C(F)(F)F)c1. The van der Waals surface area contributed by atoms with Gasteiger partial charge in [0.15, 0.2) is 17.3 Å². The van der Waals surface area contributed by atoms with Crippen LogP contribution in [-0.2, 0) is 6.18 Å². The van der Waals surface area contributed by atoms with Crippen molar-refractivity contribution in [3.63, 3.8) is 0 Å². The Bertz CT molecular complexity index is 1310. The minimum Gasteiger partial charge on any atom is -0.487 e. The second-order valence-electron chi connectivity index (χ2n) is 8.14. The summed E-state index contributed by atoms with van der Waals surface area (Å²) in [5, 5.41) is 4.08. The zero-order valence-corrected chi connectivity index (χ0v) is 18.5. The number of piperidine rings is 1. The Morgan fingerprint density at radius 2 is 1.77 bits per heavy atom. The van der Waals surface area contributed by atoms with Gasteiger partial charge in [-0.3, -0.25) is 9.59 Å². The van der Waals surface area contributed by atoms with Crippen molar-refractivity contribution in [3.8, 4) is 11.4 Å². The van der Waals surface area contributed by atoms with Crippen LogP contribution in [0.25, 0.3) is 5.69 Å². The number of hydrogen-bond acceptors (Lipinski definition) is 4. The fourth-order valence-electron chi connectivity index (χ4n) is 3.85. The minimum absolute atomic E-state index is 0.0554. The zero-order valence-electron chi connectivity index (χ0n) is 18.5. The van der Waals surface area contributed by atoms with Crippen LogP contribution in [0.1, 0.15) is 34.6 Å². The van der Waals surface area contributed by atoms with Crippen LogP contribution in [0.2, 0.25) is 0 Å². The van der Waals surface area contributed by atoms with Crippen molar-refractivity contribution in [2.24, 2.45) is 0 Å². The normalized spacial score (nSPS) is 14.7. The van der Waals surface area contributed by atoms with Crippen LogP contribution in [0, 0.1) is 18.6 Å². The number of carbonyl (C=O) groups is 1. The van der Waals surface area contributed by atoms with Crippen molar-refractivity contribution in [2.45, 2.75) is 32.0 Å². The Labute approximate surface area is 196 Å². The monoisotopic (exact) mass is 493 g/mol. The summed E-state index contributed by atoms with van der Waals surface area (Å²) in [6, 6.07) is 8.54. The number of nitrogens with zero attached hydrogens (tertiary/aromatic N) is 3. The number of hydrogen-bond donors (Lipinski definition) is 0. The predicted octanol–water partition coefficient (Wildman–Crippen LogP) is 4.52. The van der Waals surface area contributed by atoms with E-state index in [4.69, 9.17) is 4.74 Å². The highest BCUT2D eigenvalue weighted by molar-refractivity contribution is 5.92. The van der Waals surface area contributed by atoms with E-state index in [9.17, 15) is 31.5 Å². The summed E-state index contributed by atoms with van der Waals surface area (Å²) in [5.41, 5.74) is -1.64. The highest BCUT2D eigenvalue weighted by Gasteiger charge is 2.31. The lowest BCUT2D eigenvalue weighted by Gasteiger charge is -2.32. The molecule has 35 heavy (non-hydrogen) atoms. The number of halogens is 5. The van der Waals surface area contributed by atoms with Gasteiger partial charge in [0.05, 0.1) is 11.3 Å². The van der Waals surface area contributed by atoms with Crippen LogP contribution in [0.3, 0.4) is 0 Å². The van der Waals surface area contributed by atoms with Crippen molar-refractivity contribution in [1.29, 1.82) is 0 Å². The van der Waals surface area contributed by atoms with Gasteiger partial charge < -0.3 is 9.64 Å². The molecule has 4 rings (SSSR count). The first-order valence-corrected chi connectivity index (χ1v) is 10.7. The van der Waals surface area contributed by atoms with E-state index >= 15 is 0 Å². The van der Waals surface area contributed by atoms with E-state index < -0.39 is 46.5 Å². The molecule has 1 fully saturated rings. The largest absolute Gasteiger partial charge is 0.487 e. The maximum absolute atomic E-state index is 13.8. The Morgan fingerprint density at radius 1 is 1.06 bits per heavy atom. The summed E-state index contributed by atoms with van der Waals surface area (Å²) in [6.07, 6.45) is -4.33. The summed E-state index contributed by atoms with van der Waals surface area (Å²) in [6.45, 7) is 1.87. The average Bonchev–Trinajstić information content (AvgIpc) is 2.80. The zero-order chi connectivity index (χ0) is 25.3. The topological polar surface area (TPSA) is 64.4 Å². The van der Waals surface area contributed by atoms with Gasteiger partial charge in [-0.05, 0) is 37.3 Å². The molecule has 1 aliphatic heterocycles. The maximum Gasteiger partial charge on any atom is 0.416 e. The van der Waals surface area contributed by atoms with Crippen molar-refractivity contribution in [2.75, 3.05) is 13.1 Å². The molecular weight excluding hydrogens is 473 g/mol. The highest BCUT2D eigenvalue weighted by atomic mass is 19.4. The van der Waals surface area contributed by atoms with Crippen molar-refractivity contribution in [3.05, 3.63) is 87.3 Å². The number of benzene rings is 2. The number of alkyl halides is 3. The molecule has 0 spiro atoms. The summed E-state index contributed by atoms with van der Waals surface area (Å²) in [5.74, 6) is -2.32. The molecule has 0 bridgehead atoms. The Kier molecular flexibility index (Phi) is 6.60. The smallest absolute Gasteiger partial charge is 0.416 e. The fourth-order valence-corrected chi connectivity index (χ4v) is 3.85. The molecule has 1 saturated heterocycles. The van der Waals surface area contributed by atoms with Gasteiger partial charge in [-0.1, -0.05) is 6.07 Å². The van der Waals surface area contributed by atoms with Crippen molar-refractivity contribution in [1.82, 2.24) is 14.7 Å². The lowest BCUT2D eigenvalue weighted by Crippen LogP contribution is -2.44. The third-order valence-electron chi connectivity index (χ3n) is 5.64. The molecule has 0 aliphatic carbocycles. The van der Waals surface area contributed by atoms with Crippen LogP contribution in [-0.4, -0.2) is 39.8 Å². The molecule has 184 valence electrons. The molecule has 0 unspecified atom stereocenters. The van der Waals surface area contributed by atoms with Crippen LogP contribution < -0.4 is 10.2 Å². The molecular formula is C24H20F5N3O3. The third kappa shape index (κ3) is 5.33. The average molecular weight is 493 g/mol. The van der Waals surface area contributed by atoms with E-state index in [1.54, 1.807) is 0 Å². The molecule has 1 aliphatic rings. The van der Waals surface area contributed by atoms with Crippen LogP contribution >= 0.6 is 0 Å². The van der Waals surface area contributed by atoms with E-state index in [-0.39, 0.29) is 30.2 Å². The number of carbonyl (C=O) groups excluding carboxylic acids is 1. The first kappa shape index (κ1) is 24.4. The summed E-state index contributed by atoms with van der Waals surface area (Å²) in [7, 11) is 0. The molecule has 11 heteroatoms. The van der Waals surface area contributed by atoms with E-state index in [0.717, 1.165) is 28.9 Å². The van der Waals surface area contributed by atoms with Gasteiger partial charge in [0.25, 0.3) is 5.91 Å². The van der Waals surface area contributed by atoms with Crippen molar-refractivity contribution >= 4 is 5.91 Å². The van der Waals surface area contributed by atoms with E-state index in [0.29, 0.717) is 18.9 Å². The Morgan fingerprint density at radius 3 is 2.43 bits per heavy atom. The highest BCUT2D eigenvalue weighted by Crippen LogP contribution is 2.30. The number of likely N-dealkylation sites (tertiary alicyclic amines) is 1. The maximum atomic E-state index is 13.8. The minimum atomic E-state index is -4.56. The van der Waals surface area contributed by atoms with Gasteiger partial charge in [-0.2, -0.15) is 18.3 Å². The molecule has 2 aromatic carbocycles. The first-order chi connectivity index (χ1) is 16.5. The first-order valence-electron chi connectivity index (χ1n) is 10.7. The number of aromatic nitrogens is 2. The molecule has 1 aromatic heterocycles. The molecule has 0 radical (unpaired) electrons. The third-order valence-corrected chi connectivity index (χ3v) is 5.64. The van der Waals surface area contributed by atoms with Gasteiger partial charge in [0.2, 0.25) is 5.43 Å². The lowest BCUT2D eigenvalue weighted by molar-refractivity contribution is -0.137. The summed E-state index contributed by atoms with van der Waals surface area (Å²) < 4.78 is 73.0.